The molecule has 20 heavy (non-hydrogen) atoms. The largest absolute Gasteiger partial charge is 0.366 e. The van der Waals surface area contributed by atoms with Crippen LogP contribution in [-0.4, -0.2) is 10.9 Å². The van der Waals surface area contributed by atoms with Gasteiger partial charge in [-0.3, -0.25) is 4.79 Å². The molecule has 3 rings (SSSR count). The molecule has 0 aliphatic heterocycles. The van der Waals surface area contributed by atoms with Crippen molar-refractivity contribution in [2.45, 2.75) is 18.9 Å². The number of halogens is 1. The third-order valence-electron chi connectivity index (χ3n) is 3.57. The number of nitrogens with zero attached hydrogens (tertiary/aromatic N) is 1. The Morgan fingerprint density at radius 1 is 1.40 bits per heavy atom. The number of rotatable bonds is 3. The minimum atomic E-state index is -0.530. The maximum atomic E-state index is 11.1. The molecule has 2 aromatic rings. The molecule has 0 spiro atoms. The molecule has 1 amide bonds. The highest BCUT2D eigenvalue weighted by molar-refractivity contribution is 6.33. The quantitative estimate of drug-likeness (QED) is 0.912. The predicted molar refractivity (Wildman–Crippen MR) is 78.9 cm³/mol. The third kappa shape index (κ3) is 2.34. The topological polar surface area (TPSA) is 68.0 Å². The Balaban J connectivity index is 1.84. The number of aromatic nitrogens is 1. The summed E-state index contributed by atoms with van der Waals surface area (Å²) in [5.41, 5.74) is 8.15. The standard InChI is InChI=1S/C15H14ClN3O/c16-12-7-10(14(17)20)8-18-15(12)19-13-6-5-9-3-1-2-4-11(9)13/h1-4,7-8,13H,5-6H2,(H2,17,20)(H,18,19)/t13-/m1/s1. The van der Waals surface area contributed by atoms with Gasteiger partial charge >= 0.3 is 0 Å². The van der Waals surface area contributed by atoms with E-state index in [1.54, 1.807) is 6.07 Å². The number of benzene rings is 1. The minimum Gasteiger partial charge on any atom is -0.366 e. The first kappa shape index (κ1) is 12.9. The molecule has 0 saturated heterocycles. The van der Waals surface area contributed by atoms with Gasteiger partial charge in [0, 0.05) is 6.20 Å². The van der Waals surface area contributed by atoms with Gasteiger partial charge in [-0.1, -0.05) is 35.9 Å². The van der Waals surface area contributed by atoms with Crippen LogP contribution in [0.4, 0.5) is 5.82 Å². The normalized spacial score (nSPS) is 16.8. The van der Waals surface area contributed by atoms with E-state index in [0.29, 0.717) is 16.4 Å². The predicted octanol–water partition coefficient (Wildman–Crippen LogP) is 2.93. The van der Waals surface area contributed by atoms with E-state index in [9.17, 15) is 4.79 Å². The number of anilines is 1. The number of hydrogen-bond donors (Lipinski definition) is 2. The average Bonchev–Trinajstić information content (AvgIpc) is 2.84. The third-order valence-corrected chi connectivity index (χ3v) is 3.86. The second-order valence-corrected chi connectivity index (χ2v) is 5.26. The van der Waals surface area contributed by atoms with Gasteiger partial charge in [0.15, 0.2) is 0 Å². The first-order chi connectivity index (χ1) is 9.65. The molecule has 0 fully saturated rings. The summed E-state index contributed by atoms with van der Waals surface area (Å²) in [7, 11) is 0. The number of carbonyl (C=O) groups is 1. The smallest absolute Gasteiger partial charge is 0.250 e. The molecular formula is C15H14ClN3O. The number of nitrogens with one attached hydrogen (secondary N) is 1. The van der Waals surface area contributed by atoms with Crippen molar-refractivity contribution in [2.75, 3.05) is 5.32 Å². The second kappa shape index (κ2) is 5.13. The van der Waals surface area contributed by atoms with Crippen molar-refractivity contribution in [1.82, 2.24) is 4.98 Å². The summed E-state index contributed by atoms with van der Waals surface area (Å²) in [6.07, 6.45) is 3.50. The number of pyridine rings is 1. The SMILES string of the molecule is NC(=O)c1cnc(N[C@@H]2CCc3ccccc32)c(Cl)c1. The van der Waals surface area contributed by atoms with E-state index in [4.69, 9.17) is 17.3 Å². The fourth-order valence-corrected chi connectivity index (χ4v) is 2.77. The van der Waals surface area contributed by atoms with Gasteiger partial charge in [0.1, 0.15) is 5.82 Å². The van der Waals surface area contributed by atoms with Crippen molar-refractivity contribution in [3.8, 4) is 0 Å². The fourth-order valence-electron chi connectivity index (χ4n) is 2.55. The summed E-state index contributed by atoms with van der Waals surface area (Å²) in [6.45, 7) is 0. The Morgan fingerprint density at radius 3 is 2.95 bits per heavy atom. The molecule has 0 unspecified atom stereocenters. The highest BCUT2D eigenvalue weighted by atomic mass is 35.5. The summed E-state index contributed by atoms with van der Waals surface area (Å²) in [5.74, 6) is 0.0514. The summed E-state index contributed by atoms with van der Waals surface area (Å²) in [6, 6.07) is 10.1. The summed E-state index contributed by atoms with van der Waals surface area (Å²) >= 11 is 6.15. The number of amides is 1. The summed E-state index contributed by atoms with van der Waals surface area (Å²) < 4.78 is 0. The summed E-state index contributed by atoms with van der Waals surface area (Å²) in [5, 5.41) is 3.74. The molecule has 0 radical (unpaired) electrons. The number of aryl methyl sites for hydroxylation is 1. The van der Waals surface area contributed by atoms with Crippen LogP contribution in [0.1, 0.15) is 33.9 Å². The van der Waals surface area contributed by atoms with Crippen molar-refractivity contribution in [3.63, 3.8) is 0 Å². The van der Waals surface area contributed by atoms with Gasteiger partial charge in [-0.15, -0.1) is 0 Å². The van der Waals surface area contributed by atoms with Gasteiger partial charge in [-0.2, -0.15) is 0 Å². The Morgan fingerprint density at radius 2 is 2.20 bits per heavy atom. The van der Waals surface area contributed by atoms with E-state index in [1.807, 2.05) is 12.1 Å². The molecule has 5 heteroatoms. The number of primary amides is 1. The van der Waals surface area contributed by atoms with Crippen LogP contribution in [0.15, 0.2) is 36.5 Å². The van der Waals surface area contributed by atoms with E-state index < -0.39 is 5.91 Å². The lowest BCUT2D eigenvalue weighted by Gasteiger charge is -2.16. The minimum absolute atomic E-state index is 0.204. The van der Waals surface area contributed by atoms with Crippen molar-refractivity contribution in [2.24, 2.45) is 5.73 Å². The zero-order valence-corrected chi connectivity index (χ0v) is 11.5. The molecule has 3 N–H and O–H groups in total. The second-order valence-electron chi connectivity index (χ2n) is 4.85. The van der Waals surface area contributed by atoms with Crippen molar-refractivity contribution in [1.29, 1.82) is 0 Å². The lowest BCUT2D eigenvalue weighted by atomic mass is 10.1. The Kier molecular flexibility index (Phi) is 3.32. The van der Waals surface area contributed by atoms with Gasteiger partial charge in [0.05, 0.1) is 16.6 Å². The molecule has 1 aromatic heterocycles. The number of fused-ring (bicyclic) bond motifs is 1. The molecule has 1 aliphatic rings. The van der Waals surface area contributed by atoms with E-state index in [2.05, 4.69) is 22.4 Å². The average molecular weight is 288 g/mol. The van der Waals surface area contributed by atoms with Gasteiger partial charge in [0.2, 0.25) is 5.91 Å². The number of hydrogen-bond acceptors (Lipinski definition) is 3. The lowest BCUT2D eigenvalue weighted by Crippen LogP contribution is -2.13. The molecule has 1 atom stereocenters. The molecule has 4 nitrogen and oxygen atoms in total. The van der Waals surface area contributed by atoms with E-state index in [0.717, 1.165) is 12.8 Å². The monoisotopic (exact) mass is 287 g/mol. The van der Waals surface area contributed by atoms with Crippen LogP contribution in [0.25, 0.3) is 0 Å². The van der Waals surface area contributed by atoms with E-state index >= 15 is 0 Å². The van der Waals surface area contributed by atoms with Crippen LogP contribution in [0.3, 0.4) is 0 Å². The Labute approximate surface area is 122 Å². The summed E-state index contributed by atoms with van der Waals surface area (Å²) in [4.78, 5) is 15.3. The van der Waals surface area contributed by atoms with Crippen molar-refractivity contribution >= 4 is 23.3 Å². The molecule has 102 valence electrons. The van der Waals surface area contributed by atoms with Crippen molar-refractivity contribution in [3.05, 3.63) is 58.2 Å². The Bertz CT molecular complexity index is 672. The van der Waals surface area contributed by atoms with Gasteiger partial charge in [-0.05, 0) is 30.0 Å². The molecule has 0 saturated carbocycles. The van der Waals surface area contributed by atoms with Crippen LogP contribution in [0.5, 0.6) is 0 Å². The van der Waals surface area contributed by atoms with Crippen LogP contribution in [0, 0.1) is 0 Å². The van der Waals surface area contributed by atoms with Gasteiger partial charge < -0.3 is 11.1 Å². The van der Waals surface area contributed by atoms with Crippen LogP contribution < -0.4 is 11.1 Å². The van der Waals surface area contributed by atoms with Crippen LogP contribution >= 0.6 is 11.6 Å². The van der Waals surface area contributed by atoms with Gasteiger partial charge in [0.25, 0.3) is 0 Å². The zero-order valence-electron chi connectivity index (χ0n) is 10.8. The van der Waals surface area contributed by atoms with E-state index in [1.165, 1.54) is 17.3 Å². The van der Waals surface area contributed by atoms with E-state index in [-0.39, 0.29) is 6.04 Å². The van der Waals surface area contributed by atoms with Gasteiger partial charge in [-0.25, -0.2) is 4.98 Å². The molecule has 0 bridgehead atoms. The highest BCUT2D eigenvalue weighted by Gasteiger charge is 2.22. The maximum absolute atomic E-state index is 11.1. The molecule has 1 aliphatic carbocycles. The molecule has 1 heterocycles. The number of nitrogens with two attached hydrogens (primary N) is 1. The Hall–Kier alpha value is -2.07. The first-order valence-electron chi connectivity index (χ1n) is 6.45. The lowest BCUT2D eigenvalue weighted by molar-refractivity contribution is 0.1000. The molecule has 1 aromatic carbocycles. The maximum Gasteiger partial charge on any atom is 0.250 e. The fraction of sp³-hybridized carbons (Fsp3) is 0.200. The van der Waals surface area contributed by atoms with Crippen molar-refractivity contribution < 1.29 is 4.79 Å². The van der Waals surface area contributed by atoms with Crippen LogP contribution in [-0.2, 0) is 6.42 Å². The molecular weight excluding hydrogens is 274 g/mol. The number of carbonyl (C=O) groups excluding carboxylic acids is 1. The first-order valence-corrected chi connectivity index (χ1v) is 6.82. The zero-order chi connectivity index (χ0) is 14.1. The highest BCUT2D eigenvalue weighted by Crippen LogP contribution is 2.34. The van der Waals surface area contributed by atoms with Crippen LogP contribution in [0.2, 0.25) is 5.02 Å².